The molecule has 1 aliphatic carbocycles. The third kappa shape index (κ3) is 3.16. The van der Waals surface area contributed by atoms with E-state index in [2.05, 4.69) is 53.5 Å². The molecule has 152 valence electrons. The number of rotatable bonds is 3. The summed E-state index contributed by atoms with van der Waals surface area (Å²) in [6, 6.07) is 22.9. The zero-order valence-electron chi connectivity index (χ0n) is 18.1. The minimum Gasteiger partial charge on any atom is -0.455 e. The van der Waals surface area contributed by atoms with Crippen molar-refractivity contribution in [2.45, 2.75) is 37.3 Å². The molecule has 1 saturated carbocycles. The van der Waals surface area contributed by atoms with Crippen LogP contribution in [0, 0.1) is 5.92 Å². The van der Waals surface area contributed by atoms with Gasteiger partial charge in [0.25, 0.3) is 0 Å². The Morgan fingerprint density at radius 2 is 1.62 bits per heavy atom. The second-order valence-corrected chi connectivity index (χ2v) is 9.17. The lowest BCUT2D eigenvalue weighted by atomic mass is 9.43. The van der Waals surface area contributed by atoms with E-state index in [1.807, 2.05) is 24.4 Å². The molecule has 0 spiro atoms. The van der Waals surface area contributed by atoms with Crippen molar-refractivity contribution < 1.29 is 4.42 Å². The van der Waals surface area contributed by atoms with Crippen molar-refractivity contribution in [3.63, 3.8) is 0 Å². The number of pyridine rings is 1. The largest absolute Gasteiger partial charge is 0.455 e. The van der Waals surface area contributed by atoms with Crippen molar-refractivity contribution in [1.29, 1.82) is 0 Å². The number of aromatic nitrogens is 1. The molecule has 2 heterocycles. The number of nitrogens with zero attached hydrogens (tertiary/aromatic N) is 1. The highest BCUT2D eigenvalue weighted by Gasteiger charge is 2.31. The summed E-state index contributed by atoms with van der Waals surface area (Å²) in [5, 5.41) is 3.72. The number of hydrogen-bond donors (Lipinski definition) is 0. The Bertz CT molecular complexity index is 1450. The molecule has 0 unspecified atom stereocenters. The standard InChI is InChI=1S/C28H23B2NO/c29-28(30,20-7-2-1-3-8-20)21-14-15-31-25(17-21)19-11-12-23-24-13-10-18-6-4-5-9-22(18)27(24)32-26(23)16-19/h4-6,9-17,20H,1-3,7-8H2. The van der Waals surface area contributed by atoms with Gasteiger partial charge in [0.1, 0.15) is 11.2 Å². The maximum absolute atomic E-state index is 6.69. The molecule has 1 aliphatic rings. The number of fused-ring (bicyclic) bond motifs is 5. The monoisotopic (exact) mass is 411 g/mol. The summed E-state index contributed by atoms with van der Waals surface area (Å²) < 4.78 is 6.34. The van der Waals surface area contributed by atoms with Crippen LogP contribution in [-0.4, -0.2) is 20.7 Å². The van der Waals surface area contributed by atoms with E-state index in [9.17, 15) is 0 Å². The molecule has 5 aromatic rings. The first-order chi connectivity index (χ1) is 15.6. The topological polar surface area (TPSA) is 26.0 Å². The first kappa shape index (κ1) is 19.7. The molecule has 0 amide bonds. The van der Waals surface area contributed by atoms with Gasteiger partial charge in [0, 0.05) is 27.9 Å². The van der Waals surface area contributed by atoms with Gasteiger partial charge < -0.3 is 4.42 Å². The van der Waals surface area contributed by atoms with Crippen molar-refractivity contribution in [1.82, 2.24) is 4.98 Å². The molecule has 3 aromatic carbocycles. The van der Waals surface area contributed by atoms with Crippen LogP contribution in [0.25, 0.3) is 44.0 Å². The average molecular weight is 411 g/mol. The normalized spacial score (nSPS) is 15.6. The van der Waals surface area contributed by atoms with Gasteiger partial charge in [0.2, 0.25) is 0 Å². The fourth-order valence-corrected chi connectivity index (χ4v) is 5.34. The summed E-state index contributed by atoms with van der Waals surface area (Å²) in [7, 11) is 13.4. The Morgan fingerprint density at radius 3 is 2.50 bits per heavy atom. The predicted octanol–water partition coefficient (Wildman–Crippen LogP) is 6.87. The molecule has 0 N–H and O–H groups in total. The van der Waals surface area contributed by atoms with Crippen LogP contribution in [0.5, 0.6) is 0 Å². The number of benzene rings is 3. The molecule has 6 rings (SSSR count). The molecule has 4 heteroatoms. The van der Waals surface area contributed by atoms with Crippen LogP contribution >= 0.6 is 0 Å². The van der Waals surface area contributed by atoms with Crippen LogP contribution in [0.1, 0.15) is 37.7 Å². The summed E-state index contributed by atoms with van der Waals surface area (Å²) in [6.07, 6.45) is 7.68. The van der Waals surface area contributed by atoms with Gasteiger partial charge in [-0.05, 0) is 41.6 Å². The molecular weight excluding hydrogens is 388 g/mol. The van der Waals surface area contributed by atoms with Gasteiger partial charge in [-0.2, -0.15) is 0 Å². The van der Waals surface area contributed by atoms with Crippen LogP contribution in [0.3, 0.4) is 0 Å². The first-order valence-corrected chi connectivity index (χ1v) is 11.5. The van der Waals surface area contributed by atoms with Crippen molar-refractivity contribution in [3.8, 4) is 11.3 Å². The highest BCUT2D eigenvalue weighted by Crippen LogP contribution is 2.39. The van der Waals surface area contributed by atoms with Gasteiger partial charge in [-0.15, -0.1) is 0 Å². The zero-order chi connectivity index (χ0) is 21.7. The number of hydrogen-bond acceptors (Lipinski definition) is 2. The van der Waals surface area contributed by atoms with E-state index in [-0.39, 0.29) is 0 Å². The van der Waals surface area contributed by atoms with Crippen LogP contribution < -0.4 is 0 Å². The maximum Gasteiger partial charge on any atom is 0.143 e. The lowest BCUT2D eigenvalue weighted by Crippen LogP contribution is -2.37. The number of furan rings is 1. The minimum absolute atomic E-state index is 0.303. The Kier molecular flexibility index (Phi) is 4.64. The molecule has 1 fully saturated rings. The SMILES string of the molecule is [B]C([B])(c1ccnc(-c2ccc3c(c2)oc2c4ccccc4ccc32)c1)C1CCCCC1. The second kappa shape index (κ2) is 7.55. The minimum atomic E-state index is -0.833. The van der Waals surface area contributed by atoms with E-state index in [4.69, 9.17) is 20.1 Å². The molecule has 0 bridgehead atoms. The van der Waals surface area contributed by atoms with Gasteiger partial charge in [-0.3, -0.25) is 4.98 Å². The average Bonchev–Trinajstić information content (AvgIpc) is 3.23. The lowest BCUT2D eigenvalue weighted by Gasteiger charge is -2.38. The fraction of sp³-hybridized carbons (Fsp3) is 0.250. The zero-order valence-corrected chi connectivity index (χ0v) is 18.1. The van der Waals surface area contributed by atoms with Gasteiger partial charge >= 0.3 is 0 Å². The van der Waals surface area contributed by atoms with E-state index >= 15 is 0 Å². The molecule has 0 aliphatic heterocycles. The predicted molar refractivity (Wildman–Crippen MR) is 134 cm³/mol. The third-order valence-electron chi connectivity index (χ3n) is 7.20. The summed E-state index contributed by atoms with van der Waals surface area (Å²) in [5.41, 5.74) is 4.61. The van der Waals surface area contributed by atoms with Gasteiger partial charge in [0.15, 0.2) is 0 Å². The van der Waals surface area contributed by atoms with Gasteiger partial charge in [0.05, 0.1) is 21.4 Å². The van der Waals surface area contributed by atoms with Gasteiger partial charge in [-0.25, -0.2) is 0 Å². The van der Waals surface area contributed by atoms with Crippen LogP contribution in [-0.2, 0) is 5.21 Å². The highest BCUT2D eigenvalue weighted by atomic mass is 16.3. The van der Waals surface area contributed by atoms with E-state index in [0.29, 0.717) is 5.92 Å². The Balaban J connectivity index is 1.43. The Labute approximate surface area is 190 Å². The Hall–Kier alpha value is -3.00. The first-order valence-electron chi connectivity index (χ1n) is 11.5. The van der Waals surface area contributed by atoms with E-state index in [1.165, 1.54) is 24.6 Å². The van der Waals surface area contributed by atoms with Crippen molar-refractivity contribution >= 4 is 48.4 Å². The molecule has 4 radical (unpaired) electrons. The van der Waals surface area contributed by atoms with E-state index in [1.54, 1.807) is 0 Å². The molecule has 0 saturated heterocycles. The summed E-state index contributed by atoms with van der Waals surface area (Å²) in [6.45, 7) is 0. The maximum atomic E-state index is 6.69. The molecular formula is C28H23B2NO. The summed E-state index contributed by atoms with van der Waals surface area (Å²) in [5.74, 6) is 0.303. The van der Waals surface area contributed by atoms with Crippen LogP contribution in [0.2, 0.25) is 0 Å². The molecule has 2 nitrogen and oxygen atoms in total. The van der Waals surface area contributed by atoms with Crippen molar-refractivity contribution in [2.75, 3.05) is 0 Å². The third-order valence-corrected chi connectivity index (χ3v) is 7.20. The Morgan fingerprint density at radius 1 is 0.812 bits per heavy atom. The van der Waals surface area contributed by atoms with Crippen molar-refractivity contribution in [2.24, 2.45) is 5.92 Å². The molecule has 0 atom stereocenters. The summed E-state index contributed by atoms with van der Waals surface area (Å²) >= 11 is 0. The van der Waals surface area contributed by atoms with Crippen LogP contribution in [0.15, 0.2) is 77.3 Å². The van der Waals surface area contributed by atoms with E-state index in [0.717, 1.165) is 57.0 Å². The second-order valence-electron chi connectivity index (χ2n) is 9.17. The van der Waals surface area contributed by atoms with E-state index < -0.39 is 5.21 Å². The molecule has 32 heavy (non-hydrogen) atoms. The lowest BCUT2D eigenvalue weighted by molar-refractivity contribution is 0.327. The highest BCUT2D eigenvalue weighted by molar-refractivity contribution is 6.40. The smallest absolute Gasteiger partial charge is 0.143 e. The quantitative estimate of drug-likeness (QED) is 0.303. The molecule has 2 aromatic heterocycles. The fourth-order valence-electron chi connectivity index (χ4n) is 5.34. The summed E-state index contributed by atoms with van der Waals surface area (Å²) in [4.78, 5) is 4.63. The van der Waals surface area contributed by atoms with Gasteiger partial charge in [-0.1, -0.05) is 79.3 Å². The van der Waals surface area contributed by atoms with Crippen molar-refractivity contribution in [3.05, 3.63) is 78.5 Å². The van der Waals surface area contributed by atoms with Crippen LogP contribution in [0.4, 0.5) is 0 Å².